The summed E-state index contributed by atoms with van der Waals surface area (Å²) in [6.45, 7) is 8.83. The Morgan fingerprint density at radius 3 is 1.96 bits per heavy atom. The molecule has 3 atom stereocenters. The van der Waals surface area contributed by atoms with Crippen molar-refractivity contribution in [1.82, 2.24) is 20.9 Å². The predicted molar refractivity (Wildman–Crippen MR) is 189 cm³/mol. The molecule has 1 aromatic heterocycles. The Balaban J connectivity index is 1.26. The number of aromatic nitrogens is 1. The van der Waals surface area contributed by atoms with Crippen LogP contribution in [0.25, 0.3) is 0 Å². The van der Waals surface area contributed by atoms with E-state index in [9.17, 15) is 14.4 Å². The summed E-state index contributed by atoms with van der Waals surface area (Å²) in [5, 5.41) is 10.7. The van der Waals surface area contributed by atoms with E-state index in [-0.39, 0.29) is 35.8 Å². The quantitative estimate of drug-likeness (QED) is 0.212. The molecule has 3 amide bonds. The second-order valence-corrected chi connectivity index (χ2v) is 15.3. The van der Waals surface area contributed by atoms with Crippen molar-refractivity contribution >= 4 is 46.7 Å². The van der Waals surface area contributed by atoms with Gasteiger partial charge in [-0.25, -0.2) is 4.98 Å². The number of amides is 3. The van der Waals surface area contributed by atoms with Crippen LogP contribution >= 0.6 is 23.2 Å². The Hall–Kier alpha value is -4.02. The summed E-state index contributed by atoms with van der Waals surface area (Å²) >= 11 is 12.1. The second kappa shape index (κ2) is 13.4. The van der Waals surface area contributed by atoms with Gasteiger partial charge in [-0.1, -0.05) is 23.2 Å². The Labute approximate surface area is 297 Å². The van der Waals surface area contributed by atoms with Crippen LogP contribution in [0.15, 0.2) is 60.8 Å². The van der Waals surface area contributed by atoms with E-state index >= 15 is 0 Å². The van der Waals surface area contributed by atoms with Crippen LogP contribution < -0.4 is 30.3 Å². The molecule has 6 rings (SSSR count). The number of hydrogen-bond donors (Lipinski definition) is 3. The fraction of sp³-hybridized carbons (Fsp3) is 0.459. The van der Waals surface area contributed by atoms with Crippen molar-refractivity contribution in [3.63, 3.8) is 0 Å². The summed E-state index contributed by atoms with van der Waals surface area (Å²) < 4.78 is 12.2. The van der Waals surface area contributed by atoms with Gasteiger partial charge in [-0.05, 0) is 127 Å². The molecule has 10 nitrogen and oxygen atoms in total. The number of rotatable bonds is 11. The summed E-state index contributed by atoms with van der Waals surface area (Å²) in [6, 6.07) is 15.5. The third-order valence-corrected chi connectivity index (χ3v) is 9.96. The zero-order chi connectivity index (χ0) is 35.1. The Morgan fingerprint density at radius 2 is 1.41 bits per heavy atom. The smallest absolute Gasteiger partial charge is 0.265 e. The molecule has 1 aliphatic carbocycles. The van der Waals surface area contributed by atoms with Gasteiger partial charge in [0, 0.05) is 40.8 Å². The molecular weight excluding hydrogens is 665 g/mol. The number of fused-ring (bicyclic) bond motifs is 2. The second-order valence-electron chi connectivity index (χ2n) is 14.4. The monoisotopic (exact) mass is 707 g/mol. The van der Waals surface area contributed by atoms with Gasteiger partial charge in [0.2, 0.25) is 0 Å². The minimum atomic E-state index is -1.25. The van der Waals surface area contributed by atoms with E-state index in [1.807, 2.05) is 13.0 Å². The van der Waals surface area contributed by atoms with Gasteiger partial charge in [0.25, 0.3) is 17.7 Å². The van der Waals surface area contributed by atoms with Gasteiger partial charge in [0.05, 0.1) is 5.56 Å². The molecule has 3 aliphatic rings. The normalized spacial score (nSPS) is 21.9. The molecule has 2 bridgehead atoms. The zero-order valence-electron chi connectivity index (χ0n) is 28.4. The molecular formula is C37H43Cl2N5O5. The minimum Gasteiger partial charge on any atom is -0.478 e. The van der Waals surface area contributed by atoms with Gasteiger partial charge >= 0.3 is 0 Å². The largest absolute Gasteiger partial charge is 0.478 e. The van der Waals surface area contributed by atoms with Crippen LogP contribution in [0, 0.1) is 6.92 Å². The van der Waals surface area contributed by atoms with Crippen LogP contribution in [0.2, 0.25) is 10.0 Å². The van der Waals surface area contributed by atoms with Crippen LogP contribution in [0.1, 0.15) is 82.1 Å². The van der Waals surface area contributed by atoms with Crippen molar-refractivity contribution in [2.24, 2.45) is 0 Å². The Bertz CT molecular complexity index is 1730. The van der Waals surface area contributed by atoms with Crippen LogP contribution in [0.3, 0.4) is 0 Å². The minimum absolute atomic E-state index is 0.0442. The van der Waals surface area contributed by atoms with Crippen molar-refractivity contribution in [2.75, 3.05) is 4.90 Å². The number of aryl methyl sites for hydroxylation is 1. The number of nitrogens with zero attached hydrogens (tertiary/aromatic N) is 2. The molecule has 3 heterocycles. The number of carbonyl (C=O) groups is 3. The van der Waals surface area contributed by atoms with E-state index in [1.165, 1.54) is 0 Å². The number of piperidine rings is 1. The van der Waals surface area contributed by atoms with E-state index in [0.29, 0.717) is 52.2 Å². The van der Waals surface area contributed by atoms with Crippen molar-refractivity contribution in [2.45, 2.75) is 108 Å². The maximum atomic E-state index is 14.1. The van der Waals surface area contributed by atoms with Gasteiger partial charge < -0.3 is 30.3 Å². The molecule has 2 saturated heterocycles. The van der Waals surface area contributed by atoms with Gasteiger partial charge in [-0.15, -0.1) is 0 Å². The number of nitrogens with one attached hydrogen (secondary N) is 3. The standard InChI is InChI=1S/C37H43Cl2N5O5/c1-22-18-23(32(45)41-26-10-11-26)21-40-31(22)44-28-16-17-37(44,43-34(47)36(4,5)49-30-14-8-25(39)9-15-30)20-27(19-28)42-33(46)35(2,3)48-29-12-6-24(38)7-13-29/h6-9,12-15,18,21,26-28H,10-11,16-17,19-20H2,1-5H3,(H,41,45)(H,42,46)(H,43,47). The van der Waals surface area contributed by atoms with Gasteiger partial charge in [0.15, 0.2) is 11.2 Å². The van der Waals surface area contributed by atoms with E-state index in [1.54, 1.807) is 82.4 Å². The molecule has 3 N–H and O–H groups in total. The molecule has 2 aromatic carbocycles. The first kappa shape index (κ1) is 34.8. The lowest BCUT2D eigenvalue weighted by molar-refractivity contribution is -0.137. The molecule has 260 valence electrons. The Morgan fingerprint density at radius 1 is 0.837 bits per heavy atom. The number of pyridine rings is 1. The lowest BCUT2D eigenvalue weighted by Gasteiger charge is -2.50. The van der Waals surface area contributed by atoms with Gasteiger partial charge in [-0.2, -0.15) is 0 Å². The highest BCUT2D eigenvalue weighted by Crippen LogP contribution is 2.46. The summed E-state index contributed by atoms with van der Waals surface area (Å²) in [5.74, 6) is 1.01. The molecule has 49 heavy (non-hydrogen) atoms. The summed E-state index contributed by atoms with van der Waals surface area (Å²) in [4.78, 5) is 47.6. The molecule has 12 heteroatoms. The van der Waals surface area contributed by atoms with Crippen LogP contribution in [-0.2, 0) is 9.59 Å². The summed E-state index contributed by atoms with van der Waals surface area (Å²) in [7, 11) is 0. The highest BCUT2D eigenvalue weighted by molar-refractivity contribution is 6.30. The first-order chi connectivity index (χ1) is 23.1. The lowest BCUT2D eigenvalue weighted by atomic mass is 9.90. The lowest BCUT2D eigenvalue weighted by Crippen LogP contribution is -2.68. The summed E-state index contributed by atoms with van der Waals surface area (Å²) in [6.07, 6.45) is 6.04. The fourth-order valence-electron chi connectivity index (χ4n) is 6.76. The number of carbonyl (C=O) groups excluding carboxylic acids is 3. The number of benzene rings is 2. The van der Waals surface area contributed by atoms with Gasteiger partial charge in [-0.3, -0.25) is 14.4 Å². The van der Waals surface area contributed by atoms with E-state index in [0.717, 1.165) is 24.8 Å². The number of hydrogen-bond acceptors (Lipinski definition) is 7. The number of anilines is 1. The SMILES string of the molecule is Cc1cc(C(=O)NC2CC2)cnc1N1C2CCC1(NC(=O)C(C)(C)Oc1ccc(Cl)cc1)CC(NC(=O)C(C)(C)Oc1ccc(Cl)cc1)C2. The topological polar surface area (TPSA) is 122 Å². The van der Waals surface area contributed by atoms with Crippen molar-refractivity contribution in [3.05, 3.63) is 82.0 Å². The average molecular weight is 709 g/mol. The molecule has 0 spiro atoms. The highest BCUT2D eigenvalue weighted by atomic mass is 35.5. The summed E-state index contributed by atoms with van der Waals surface area (Å²) in [5.41, 5.74) is -1.99. The first-order valence-corrected chi connectivity index (χ1v) is 17.5. The van der Waals surface area contributed by atoms with Crippen molar-refractivity contribution in [3.8, 4) is 11.5 Å². The number of halogens is 2. The van der Waals surface area contributed by atoms with E-state index < -0.39 is 16.9 Å². The highest BCUT2D eigenvalue weighted by Gasteiger charge is 2.55. The molecule has 2 aliphatic heterocycles. The van der Waals surface area contributed by atoms with E-state index in [2.05, 4.69) is 20.9 Å². The Kier molecular flexibility index (Phi) is 9.50. The fourth-order valence-corrected chi connectivity index (χ4v) is 7.01. The molecule has 0 radical (unpaired) electrons. The van der Waals surface area contributed by atoms with Crippen molar-refractivity contribution in [1.29, 1.82) is 0 Å². The average Bonchev–Trinajstić information content (AvgIpc) is 3.82. The van der Waals surface area contributed by atoms with Crippen molar-refractivity contribution < 1.29 is 23.9 Å². The van der Waals surface area contributed by atoms with Crippen LogP contribution in [0.4, 0.5) is 5.82 Å². The molecule has 1 saturated carbocycles. The van der Waals surface area contributed by atoms with Crippen LogP contribution in [-0.4, -0.2) is 57.7 Å². The third kappa shape index (κ3) is 7.75. The molecule has 3 fully saturated rings. The zero-order valence-corrected chi connectivity index (χ0v) is 30.0. The molecule has 3 aromatic rings. The first-order valence-electron chi connectivity index (χ1n) is 16.7. The van der Waals surface area contributed by atoms with Gasteiger partial charge in [0.1, 0.15) is 23.0 Å². The number of ether oxygens (including phenoxy) is 2. The third-order valence-electron chi connectivity index (χ3n) is 9.46. The maximum Gasteiger partial charge on any atom is 0.265 e. The van der Waals surface area contributed by atoms with E-state index in [4.69, 9.17) is 37.7 Å². The van der Waals surface area contributed by atoms with Crippen LogP contribution in [0.5, 0.6) is 11.5 Å². The maximum absolute atomic E-state index is 14.1. The predicted octanol–water partition coefficient (Wildman–Crippen LogP) is 6.36. The molecule has 3 unspecified atom stereocenters.